The van der Waals surface area contributed by atoms with Gasteiger partial charge in [0.25, 0.3) is 5.91 Å². The van der Waals surface area contributed by atoms with Gasteiger partial charge in [0.05, 0.1) is 0 Å². The Balaban J connectivity index is 1.74. The maximum Gasteiger partial charge on any atom is 0.332 e. The summed E-state index contributed by atoms with van der Waals surface area (Å²) in [6, 6.07) is 4.35. The molecule has 1 saturated carbocycles. The van der Waals surface area contributed by atoms with E-state index in [1.807, 2.05) is 6.92 Å². The van der Waals surface area contributed by atoms with Crippen molar-refractivity contribution in [1.82, 2.24) is 9.80 Å². The molecule has 0 aromatic heterocycles. The van der Waals surface area contributed by atoms with Crippen LogP contribution in [0.15, 0.2) is 24.3 Å². The zero-order valence-electron chi connectivity index (χ0n) is 15.9. The lowest BCUT2D eigenvalue weighted by Gasteiger charge is -2.34. The fraction of sp³-hybridized carbons (Fsp3) is 0.550. The molecule has 2 fully saturated rings. The predicted octanol–water partition coefficient (Wildman–Crippen LogP) is 3.16. The highest BCUT2D eigenvalue weighted by Gasteiger charge is 2.44. The number of carbonyl (C=O) groups is 3. The molecule has 0 N–H and O–H groups in total. The normalized spacial score (nSPS) is 21.1. The summed E-state index contributed by atoms with van der Waals surface area (Å²) in [7, 11) is 0. The van der Waals surface area contributed by atoms with E-state index >= 15 is 0 Å². The number of halogens is 1. The van der Waals surface area contributed by atoms with Crippen LogP contribution in [0, 0.1) is 5.82 Å². The highest BCUT2D eigenvalue weighted by atomic mass is 19.1. The second kappa shape index (κ2) is 8.06. The van der Waals surface area contributed by atoms with Crippen LogP contribution in [0.4, 0.5) is 14.9 Å². The first-order chi connectivity index (χ1) is 12.9. The number of imide groups is 1. The molecule has 1 aromatic carbocycles. The van der Waals surface area contributed by atoms with E-state index in [9.17, 15) is 18.8 Å². The lowest BCUT2D eigenvalue weighted by atomic mass is 9.94. The highest BCUT2D eigenvalue weighted by molar-refractivity contribution is 6.15. The lowest BCUT2D eigenvalue weighted by Crippen LogP contribution is -2.48. The van der Waals surface area contributed by atoms with Crippen molar-refractivity contribution in [2.75, 3.05) is 18.0 Å². The number of rotatable bonds is 5. The Kier molecular flexibility index (Phi) is 5.77. The monoisotopic (exact) mass is 375 g/mol. The number of urea groups is 1. The Morgan fingerprint density at radius 1 is 1.15 bits per heavy atom. The van der Waals surface area contributed by atoms with Crippen molar-refractivity contribution in [3.63, 3.8) is 0 Å². The quantitative estimate of drug-likeness (QED) is 0.743. The van der Waals surface area contributed by atoms with Gasteiger partial charge < -0.3 is 4.90 Å². The molecule has 1 heterocycles. The number of benzene rings is 1. The second-order valence-electron chi connectivity index (χ2n) is 7.20. The molecule has 7 heteroatoms. The van der Waals surface area contributed by atoms with Crippen LogP contribution in [0.3, 0.4) is 0 Å². The maximum atomic E-state index is 13.2. The number of amides is 4. The van der Waals surface area contributed by atoms with Gasteiger partial charge in [-0.15, -0.1) is 0 Å². The number of nitrogens with zero attached hydrogens (tertiary/aromatic N) is 3. The fourth-order valence-corrected chi connectivity index (χ4v) is 4.06. The molecule has 1 aliphatic carbocycles. The highest BCUT2D eigenvalue weighted by Crippen LogP contribution is 2.27. The molecule has 1 unspecified atom stereocenters. The van der Waals surface area contributed by atoms with E-state index in [4.69, 9.17) is 0 Å². The molecule has 0 spiro atoms. The number of hydrogen-bond acceptors (Lipinski definition) is 3. The third-order valence-corrected chi connectivity index (χ3v) is 5.52. The summed E-state index contributed by atoms with van der Waals surface area (Å²) >= 11 is 0. The van der Waals surface area contributed by atoms with Crippen molar-refractivity contribution in [2.45, 2.75) is 58.0 Å². The predicted molar refractivity (Wildman–Crippen MR) is 99.7 cm³/mol. The smallest absolute Gasteiger partial charge is 0.332 e. The van der Waals surface area contributed by atoms with Crippen LogP contribution in [0.2, 0.25) is 0 Å². The van der Waals surface area contributed by atoms with Gasteiger partial charge in [-0.25, -0.2) is 9.18 Å². The van der Waals surface area contributed by atoms with Crippen LogP contribution in [-0.4, -0.2) is 52.8 Å². The molecule has 27 heavy (non-hydrogen) atoms. The van der Waals surface area contributed by atoms with Gasteiger partial charge in [-0.05, 0) is 51.0 Å². The molecule has 1 saturated heterocycles. The van der Waals surface area contributed by atoms with Crippen LogP contribution in [0.5, 0.6) is 0 Å². The van der Waals surface area contributed by atoms with Crippen LogP contribution < -0.4 is 4.90 Å². The van der Waals surface area contributed by atoms with E-state index in [1.165, 1.54) is 35.6 Å². The van der Waals surface area contributed by atoms with Crippen molar-refractivity contribution in [1.29, 1.82) is 0 Å². The van der Waals surface area contributed by atoms with Crippen molar-refractivity contribution in [2.24, 2.45) is 0 Å². The van der Waals surface area contributed by atoms with Crippen LogP contribution in [0.25, 0.3) is 0 Å². The molecule has 1 aliphatic heterocycles. The average molecular weight is 375 g/mol. The van der Waals surface area contributed by atoms with Gasteiger partial charge in [0.2, 0.25) is 5.91 Å². The molecular formula is C20H26FN3O3. The van der Waals surface area contributed by atoms with Crippen molar-refractivity contribution >= 4 is 23.5 Å². The first-order valence-electron chi connectivity index (χ1n) is 9.63. The Morgan fingerprint density at radius 3 is 2.37 bits per heavy atom. The maximum absolute atomic E-state index is 13.2. The van der Waals surface area contributed by atoms with Gasteiger partial charge in [0.1, 0.15) is 18.4 Å². The summed E-state index contributed by atoms with van der Waals surface area (Å²) in [4.78, 5) is 42.4. The minimum absolute atomic E-state index is 0.190. The Bertz CT molecular complexity index is 716. The number of anilines is 1. The van der Waals surface area contributed by atoms with Gasteiger partial charge in [-0.3, -0.25) is 19.4 Å². The molecule has 1 atom stereocenters. The largest absolute Gasteiger partial charge is 0.338 e. The van der Waals surface area contributed by atoms with E-state index < -0.39 is 23.8 Å². The van der Waals surface area contributed by atoms with E-state index in [2.05, 4.69) is 0 Å². The first-order valence-corrected chi connectivity index (χ1v) is 9.63. The summed E-state index contributed by atoms with van der Waals surface area (Å²) in [6.45, 7) is 3.86. The second-order valence-corrected chi connectivity index (χ2v) is 7.20. The third kappa shape index (κ3) is 3.82. The van der Waals surface area contributed by atoms with E-state index in [0.717, 1.165) is 30.6 Å². The van der Waals surface area contributed by atoms with Crippen LogP contribution in [0.1, 0.15) is 46.0 Å². The first kappa shape index (κ1) is 19.3. The zero-order chi connectivity index (χ0) is 19.6. The number of hydrogen-bond donors (Lipinski definition) is 0. The Labute approximate surface area is 158 Å². The molecule has 4 amide bonds. The molecule has 6 nitrogen and oxygen atoms in total. The zero-order valence-corrected chi connectivity index (χ0v) is 15.9. The lowest BCUT2D eigenvalue weighted by molar-refractivity contribution is -0.139. The Morgan fingerprint density at radius 2 is 1.78 bits per heavy atom. The minimum atomic E-state index is -0.722. The minimum Gasteiger partial charge on any atom is -0.338 e. The molecule has 3 rings (SSSR count). The summed E-state index contributed by atoms with van der Waals surface area (Å²) in [6.07, 6.45) is 5.34. The van der Waals surface area contributed by atoms with Crippen molar-refractivity contribution in [3.05, 3.63) is 30.1 Å². The molecular weight excluding hydrogens is 349 g/mol. The summed E-state index contributed by atoms with van der Waals surface area (Å²) in [5.41, 5.74) is 0.442. The topological polar surface area (TPSA) is 60.9 Å². The number of carbonyl (C=O) groups excluding carboxylic acids is 3. The number of likely N-dealkylation sites (N-methyl/N-ethyl adjacent to an activating group) is 1. The van der Waals surface area contributed by atoms with E-state index in [1.54, 1.807) is 11.8 Å². The fourth-order valence-electron chi connectivity index (χ4n) is 4.06. The molecule has 0 radical (unpaired) electrons. The van der Waals surface area contributed by atoms with E-state index in [-0.39, 0.29) is 18.5 Å². The molecule has 0 bridgehead atoms. The van der Waals surface area contributed by atoms with Gasteiger partial charge in [0, 0.05) is 18.3 Å². The molecule has 2 aliphatic rings. The van der Waals surface area contributed by atoms with Crippen LogP contribution >= 0.6 is 0 Å². The van der Waals surface area contributed by atoms with E-state index in [0.29, 0.717) is 12.2 Å². The van der Waals surface area contributed by atoms with Gasteiger partial charge >= 0.3 is 6.03 Å². The standard InChI is InChI=1S/C20H26FN3O3/c1-3-22(16-7-5-4-6-8-16)18(25)13-23-19(26)14(2)24(20(23)27)17-11-9-15(21)10-12-17/h9-12,14,16H,3-8,13H2,1-2H3. The third-order valence-electron chi connectivity index (χ3n) is 5.52. The summed E-state index contributed by atoms with van der Waals surface area (Å²) < 4.78 is 13.2. The summed E-state index contributed by atoms with van der Waals surface area (Å²) in [5, 5.41) is 0. The van der Waals surface area contributed by atoms with Gasteiger partial charge in [0.15, 0.2) is 0 Å². The molecule has 1 aromatic rings. The SMILES string of the molecule is CCN(C(=O)CN1C(=O)C(C)N(c2ccc(F)cc2)C1=O)C1CCCCC1. The van der Waals surface area contributed by atoms with Crippen molar-refractivity contribution in [3.8, 4) is 0 Å². The average Bonchev–Trinajstić information content (AvgIpc) is 2.88. The Hall–Kier alpha value is -2.44. The van der Waals surface area contributed by atoms with Crippen molar-refractivity contribution < 1.29 is 18.8 Å². The van der Waals surface area contributed by atoms with Gasteiger partial charge in [-0.2, -0.15) is 0 Å². The van der Waals surface area contributed by atoms with Gasteiger partial charge in [-0.1, -0.05) is 19.3 Å². The van der Waals surface area contributed by atoms with Crippen LogP contribution in [-0.2, 0) is 9.59 Å². The summed E-state index contributed by atoms with van der Waals surface area (Å²) in [5.74, 6) is -1.01. The molecule has 146 valence electrons.